The van der Waals surface area contributed by atoms with Crippen molar-refractivity contribution in [3.63, 3.8) is 0 Å². The van der Waals surface area contributed by atoms with Gasteiger partial charge in [-0.1, -0.05) is 109 Å². The standard InChI is InChI=1S/C43H29N3S2/c1-5-16-30(17-6-1)45(31-18-7-2-8-19-31)37-28-29-38(46(32-20-9-3-10-21-32)33-22-11-4-12-23-33)42-40(37)44-43(48-42)36-26-15-25-35-34-24-13-14-27-39(34)47-41(35)36/h1-29H. The molecule has 9 rings (SSSR count). The van der Waals surface area contributed by atoms with E-state index in [2.05, 4.69) is 186 Å². The largest absolute Gasteiger partial charge is 0.309 e. The van der Waals surface area contributed by atoms with Crippen LogP contribution in [0, 0.1) is 0 Å². The Morgan fingerprint density at radius 2 is 0.854 bits per heavy atom. The van der Waals surface area contributed by atoms with Gasteiger partial charge in [-0.25, -0.2) is 4.98 Å². The van der Waals surface area contributed by atoms with Crippen molar-refractivity contribution in [3.8, 4) is 10.6 Å². The molecule has 0 aliphatic rings. The third-order valence-electron chi connectivity index (χ3n) is 8.68. The summed E-state index contributed by atoms with van der Waals surface area (Å²) >= 11 is 3.62. The Kier molecular flexibility index (Phi) is 7.19. The van der Waals surface area contributed by atoms with Gasteiger partial charge < -0.3 is 9.80 Å². The summed E-state index contributed by atoms with van der Waals surface area (Å²) in [7, 11) is 0. The van der Waals surface area contributed by atoms with Crippen LogP contribution < -0.4 is 9.80 Å². The van der Waals surface area contributed by atoms with Crippen LogP contribution in [0.5, 0.6) is 0 Å². The van der Waals surface area contributed by atoms with E-state index in [0.29, 0.717) is 0 Å². The Morgan fingerprint density at radius 3 is 1.44 bits per heavy atom. The molecule has 0 aliphatic heterocycles. The Hall–Kier alpha value is -5.75. The fourth-order valence-corrected chi connectivity index (χ4v) is 8.93. The predicted octanol–water partition coefficient (Wildman–Crippen LogP) is 13.3. The molecule has 2 heterocycles. The summed E-state index contributed by atoms with van der Waals surface area (Å²) in [6.45, 7) is 0. The molecule has 0 bridgehead atoms. The molecule has 0 atom stereocenters. The molecule has 0 saturated carbocycles. The van der Waals surface area contributed by atoms with Crippen LogP contribution in [0.15, 0.2) is 176 Å². The smallest absolute Gasteiger partial charge is 0.126 e. The quantitative estimate of drug-likeness (QED) is 0.171. The summed E-state index contributed by atoms with van der Waals surface area (Å²) in [5.74, 6) is 0. The maximum absolute atomic E-state index is 5.56. The number of thiazole rings is 1. The van der Waals surface area contributed by atoms with Crippen molar-refractivity contribution in [3.05, 3.63) is 176 Å². The van der Waals surface area contributed by atoms with Gasteiger partial charge in [-0.3, -0.25) is 0 Å². The lowest BCUT2D eigenvalue weighted by Gasteiger charge is -2.29. The van der Waals surface area contributed by atoms with Gasteiger partial charge in [0.2, 0.25) is 0 Å². The minimum absolute atomic E-state index is 0.968. The fraction of sp³-hybridized carbons (Fsp3) is 0. The van der Waals surface area contributed by atoms with Gasteiger partial charge >= 0.3 is 0 Å². The van der Waals surface area contributed by atoms with Gasteiger partial charge in [0.1, 0.15) is 10.5 Å². The maximum Gasteiger partial charge on any atom is 0.126 e. The third kappa shape index (κ3) is 4.92. The summed E-state index contributed by atoms with van der Waals surface area (Å²) in [5.41, 5.74) is 8.64. The van der Waals surface area contributed by atoms with Crippen LogP contribution in [0.4, 0.5) is 34.1 Å². The third-order valence-corrected chi connectivity index (χ3v) is 11.0. The van der Waals surface area contributed by atoms with Crippen LogP contribution >= 0.6 is 22.7 Å². The number of hydrogen-bond donors (Lipinski definition) is 0. The summed E-state index contributed by atoms with van der Waals surface area (Å²) in [4.78, 5) is 10.2. The molecule has 5 heteroatoms. The number of hydrogen-bond acceptors (Lipinski definition) is 5. The van der Waals surface area contributed by atoms with Crippen molar-refractivity contribution in [2.24, 2.45) is 0 Å². The lowest BCUT2D eigenvalue weighted by Crippen LogP contribution is -2.12. The number of aromatic nitrogens is 1. The van der Waals surface area contributed by atoms with Crippen LogP contribution in [0.1, 0.15) is 0 Å². The zero-order valence-corrected chi connectivity index (χ0v) is 27.5. The summed E-state index contributed by atoms with van der Waals surface area (Å²) in [6, 6.07) is 62.2. The Bertz CT molecular complexity index is 2310. The van der Waals surface area contributed by atoms with Crippen LogP contribution in [0.2, 0.25) is 0 Å². The van der Waals surface area contributed by atoms with Crippen molar-refractivity contribution in [2.75, 3.05) is 9.80 Å². The molecule has 0 amide bonds. The first-order chi connectivity index (χ1) is 23.8. The summed E-state index contributed by atoms with van der Waals surface area (Å²) in [6.07, 6.45) is 0. The molecule has 9 aromatic rings. The van der Waals surface area contributed by atoms with E-state index in [1.54, 1.807) is 11.3 Å². The highest BCUT2D eigenvalue weighted by molar-refractivity contribution is 7.27. The number of rotatable bonds is 7. The minimum Gasteiger partial charge on any atom is -0.309 e. The molecule has 48 heavy (non-hydrogen) atoms. The zero-order chi connectivity index (χ0) is 31.9. The van der Waals surface area contributed by atoms with E-state index >= 15 is 0 Å². The second-order valence-electron chi connectivity index (χ2n) is 11.6. The minimum atomic E-state index is 0.968. The van der Waals surface area contributed by atoms with Gasteiger partial charge in [-0.15, -0.1) is 22.7 Å². The predicted molar refractivity (Wildman–Crippen MR) is 207 cm³/mol. The van der Waals surface area contributed by atoms with Crippen LogP contribution in [0.25, 0.3) is 41.0 Å². The van der Waals surface area contributed by atoms with Gasteiger partial charge in [-0.2, -0.15) is 0 Å². The van der Waals surface area contributed by atoms with Crippen LogP contribution in [0.3, 0.4) is 0 Å². The molecule has 0 unspecified atom stereocenters. The molecule has 0 radical (unpaired) electrons. The monoisotopic (exact) mass is 651 g/mol. The van der Waals surface area contributed by atoms with E-state index in [1.807, 2.05) is 11.3 Å². The normalized spacial score (nSPS) is 11.3. The number of benzene rings is 7. The number of nitrogens with zero attached hydrogens (tertiary/aromatic N) is 3. The first kappa shape index (κ1) is 28.5. The highest BCUT2D eigenvalue weighted by atomic mass is 32.1. The lowest BCUT2D eigenvalue weighted by molar-refractivity contribution is 1.27. The second kappa shape index (κ2) is 12.1. The number of para-hydroxylation sites is 4. The van der Waals surface area contributed by atoms with Crippen molar-refractivity contribution < 1.29 is 0 Å². The Morgan fingerprint density at radius 1 is 0.375 bits per heavy atom. The highest BCUT2D eigenvalue weighted by Crippen LogP contribution is 2.49. The molecule has 7 aromatic carbocycles. The van der Waals surface area contributed by atoms with E-state index in [9.17, 15) is 0 Å². The summed E-state index contributed by atoms with van der Waals surface area (Å²) < 4.78 is 3.69. The Labute approximate surface area is 287 Å². The van der Waals surface area contributed by atoms with E-state index in [-0.39, 0.29) is 0 Å². The van der Waals surface area contributed by atoms with E-state index in [4.69, 9.17) is 4.98 Å². The number of thiophene rings is 1. The fourth-order valence-electron chi connectivity index (χ4n) is 6.53. The maximum atomic E-state index is 5.56. The lowest BCUT2D eigenvalue weighted by atomic mass is 10.1. The van der Waals surface area contributed by atoms with Gasteiger partial charge in [0, 0.05) is 48.5 Å². The first-order valence-electron chi connectivity index (χ1n) is 16.0. The molecule has 3 nitrogen and oxygen atoms in total. The molecular formula is C43H29N3S2. The second-order valence-corrected chi connectivity index (χ2v) is 13.6. The van der Waals surface area contributed by atoms with Gasteiger partial charge in [0.15, 0.2) is 0 Å². The number of anilines is 6. The van der Waals surface area contributed by atoms with E-state index in [0.717, 1.165) is 49.3 Å². The molecule has 0 spiro atoms. The average Bonchev–Trinajstić information content (AvgIpc) is 3.77. The van der Waals surface area contributed by atoms with Gasteiger partial charge in [0.25, 0.3) is 0 Å². The van der Waals surface area contributed by atoms with Crippen LogP contribution in [-0.4, -0.2) is 4.98 Å². The van der Waals surface area contributed by atoms with Gasteiger partial charge in [0.05, 0.1) is 16.1 Å². The zero-order valence-electron chi connectivity index (χ0n) is 25.9. The topological polar surface area (TPSA) is 19.4 Å². The first-order valence-corrected chi connectivity index (χ1v) is 17.6. The van der Waals surface area contributed by atoms with Crippen molar-refractivity contribution in [1.82, 2.24) is 4.98 Å². The molecule has 0 aliphatic carbocycles. The van der Waals surface area contributed by atoms with Crippen molar-refractivity contribution >= 4 is 87.2 Å². The molecular weight excluding hydrogens is 623 g/mol. The molecule has 2 aromatic heterocycles. The van der Waals surface area contributed by atoms with E-state index < -0.39 is 0 Å². The SMILES string of the molecule is c1ccc(N(c2ccccc2)c2ccc(N(c3ccccc3)c3ccccc3)c3sc(-c4cccc5c4sc4ccccc45)nc23)cc1. The molecule has 228 valence electrons. The Balaban J connectivity index is 1.35. The van der Waals surface area contributed by atoms with Crippen molar-refractivity contribution in [1.29, 1.82) is 0 Å². The van der Waals surface area contributed by atoms with E-state index in [1.165, 1.54) is 25.7 Å². The highest BCUT2D eigenvalue weighted by Gasteiger charge is 2.24. The molecule has 0 fully saturated rings. The number of fused-ring (bicyclic) bond motifs is 4. The molecule has 0 N–H and O–H groups in total. The summed E-state index contributed by atoms with van der Waals surface area (Å²) in [5, 5.41) is 3.58. The van der Waals surface area contributed by atoms with Gasteiger partial charge in [-0.05, 0) is 66.7 Å². The average molecular weight is 652 g/mol. The molecule has 0 saturated heterocycles. The van der Waals surface area contributed by atoms with Crippen LogP contribution in [-0.2, 0) is 0 Å². The van der Waals surface area contributed by atoms with Crippen molar-refractivity contribution in [2.45, 2.75) is 0 Å².